The van der Waals surface area contributed by atoms with Crippen LogP contribution >= 0.6 is 34.8 Å². The summed E-state index contributed by atoms with van der Waals surface area (Å²) in [5.41, 5.74) is 0.963. The van der Waals surface area contributed by atoms with Crippen molar-refractivity contribution in [2.24, 2.45) is 5.92 Å². The molecule has 0 aliphatic carbocycles. The molecule has 7 heteroatoms. The second-order valence-electron chi connectivity index (χ2n) is 5.44. The molecule has 2 aromatic rings. The van der Waals surface area contributed by atoms with Gasteiger partial charge in [-0.25, -0.2) is 0 Å². The van der Waals surface area contributed by atoms with Crippen LogP contribution < -0.4 is 10.2 Å². The van der Waals surface area contributed by atoms with Crippen molar-refractivity contribution < 1.29 is 9.59 Å². The number of para-hydroxylation sites is 2. The molecule has 1 fully saturated rings. The van der Waals surface area contributed by atoms with E-state index in [4.69, 9.17) is 34.8 Å². The molecule has 2 aromatic carbocycles. The van der Waals surface area contributed by atoms with E-state index < -0.39 is 5.92 Å². The van der Waals surface area contributed by atoms with Crippen LogP contribution in [0.15, 0.2) is 42.5 Å². The van der Waals surface area contributed by atoms with E-state index in [-0.39, 0.29) is 24.8 Å². The minimum Gasteiger partial charge on any atom is -0.323 e. The van der Waals surface area contributed by atoms with Gasteiger partial charge in [0.25, 0.3) is 0 Å². The highest BCUT2D eigenvalue weighted by Gasteiger charge is 2.36. The first-order valence-electron chi connectivity index (χ1n) is 7.27. The van der Waals surface area contributed by atoms with Gasteiger partial charge in [0.2, 0.25) is 11.8 Å². The second-order valence-corrected chi connectivity index (χ2v) is 6.66. The Kier molecular flexibility index (Phi) is 4.99. The van der Waals surface area contributed by atoms with Crippen molar-refractivity contribution in [3.63, 3.8) is 0 Å². The van der Waals surface area contributed by atoms with E-state index >= 15 is 0 Å². The number of rotatable bonds is 3. The summed E-state index contributed by atoms with van der Waals surface area (Å²) in [5.74, 6) is -0.942. The van der Waals surface area contributed by atoms with E-state index in [1.807, 2.05) is 0 Å². The summed E-state index contributed by atoms with van der Waals surface area (Å²) in [7, 11) is 0. The number of nitrogens with zero attached hydrogens (tertiary/aromatic N) is 1. The molecule has 124 valence electrons. The van der Waals surface area contributed by atoms with Crippen molar-refractivity contribution in [3.05, 3.63) is 57.5 Å². The number of benzene rings is 2. The van der Waals surface area contributed by atoms with E-state index in [2.05, 4.69) is 5.32 Å². The molecule has 1 N–H and O–H groups in total. The predicted octanol–water partition coefficient (Wildman–Crippen LogP) is 4.64. The van der Waals surface area contributed by atoms with Crippen LogP contribution in [-0.2, 0) is 9.59 Å². The molecule has 24 heavy (non-hydrogen) atoms. The Morgan fingerprint density at radius 3 is 2.29 bits per heavy atom. The molecular formula is C17H13Cl3N2O2. The van der Waals surface area contributed by atoms with Gasteiger partial charge in [-0.2, -0.15) is 0 Å². The molecular weight excluding hydrogens is 371 g/mol. The fraction of sp³-hybridized carbons (Fsp3) is 0.176. The average Bonchev–Trinajstić information content (AvgIpc) is 2.93. The third-order valence-corrected chi connectivity index (χ3v) is 4.80. The van der Waals surface area contributed by atoms with Crippen LogP contribution in [0.2, 0.25) is 15.1 Å². The van der Waals surface area contributed by atoms with Crippen LogP contribution in [-0.4, -0.2) is 18.4 Å². The maximum atomic E-state index is 12.5. The minimum atomic E-state index is -0.499. The lowest BCUT2D eigenvalue weighted by molar-refractivity contribution is -0.122. The molecule has 4 nitrogen and oxygen atoms in total. The van der Waals surface area contributed by atoms with Crippen molar-refractivity contribution in [1.82, 2.24) is 0 Å². The maximum absolute atomic E-state index is 12.5. The lowest BCUT2D eigenvalue weighted by Gasteiger charge is -2.18. The van der Waals surface area contributed by atoms with E-state index in [0.29, 0.717) is 26.4 Å². The van der Waals surface area contributed by atoms with Crippen LogP contribution in [0, 0.1) is 5.92 Å². The Morgan fingerprint density at radius 1 is 1.00 bits per heavy atom. The third kappa shape index (κ3) is 3.36. The molecule has 0 saturated carbocycles. The zero-order chi connectivity index (χ0) is 17.3. The fourth-order valence-corrected chi connectivity index (χ4v) is 3.36. The molecule has 0 bridgehead atoms. The van der Waals surface area contributed by atoms with Crippen molar-refractivity contribution in [3.8, 4) is 0 Å². The van der Waals surface area contributed by atoms with Gasteiger partial charge in [0, 0.05) is 13.0 Å². The molecule has 2 amide bonds. The van der Waals surface area contributed by atoms with Crippen molar-refractivity contribution in [1.29, 1.82) is 0 Å². The molecule has 0 aromatic heterocycles. The monoisotopic (exact) mass is 382 g/mol. The summed E-state index contributed by atoms with van der Waals surface area (Å²) >= 11 is 18.3. The Balaban J connectivity index is 1.76. The van der Waals surface area contributed by atoms with Crippen molar-refractivity contribution in [2.45, 2.75) is 6.42 Å². The van der Waals surface area contributed by atoms with E-state index in [9.17, 15) is 9.59 Å². The van der Waals surface area contributed by atoms with Crippen LogP contribution in [0.5, 0.6) is 0 Å². The predicted molar refractivity (Wildman–Crippen MR) is 97.0 cm³/mol. The van der Waals surface area contributed by atoms with Gasteiger partial charge >= 0.3 is 0 Å². The van der Waals surface area contributed by atoms with Gasteiger partial charge < -0.3 is 10.2 Å². The molecule has 1 atom stereocenters. The normalized spacial score (nSPS) is 17.2. The van der Waals surface area contributed by atoms with Crippen LogP contribution in [0.4, 0.5) is 11.4 Å². The number of hydrogen-bond donors (Lipinski definition) is 1. The zero-order valence-electron chi connectivity index (χ0n) is 12.4. The second kappa shape index (κ2) is 7.01. The average molecular weight is 384 g/mol. The standard InChI is InChI=1S/C17H13Cl3N2O2/c18-11-4-1-2-7-14(11)22-9-10(8-15(22)23)17(24)21-16-12(19)5-3-6-13(16)20/h1-7,10H,8-9H2,(H,21,24). The van der Waals surface area contributed by atoms with Crippen molar-refractivity contribution >= 4 is 58.0 Å². The first kappa shape index (κ1) is 17.1. The van der Waals surface area contributed by atoms with Gasteiger partial charge in [-0.15, -0.1) is 0 Å². The summed E-state index contributed by atoms with van der Waals surface area (Å²) in [6.45, 7) is 0.260. The summed E-state index contributed by atoms with van der Waals surface area (Å²) in [6, 6.07) is 12.0. The van der Waals surface area contributed by atoms with Gasteiger partial charge in [0.1, 0.15) is 0 Å². The van der Waals surface area contributed by atoms with Crippen LogP contribution in [0.3, 0.4) is 0 Å². The summed E-state index contributed by atoms with van der Waals surface area (Å²) in [4.78, 5) is 26.3. The topological polar surface area (TPSA) is 49.4 Å². The fourth-order valence-electron chi connectivity index (χ4n) is 2.63. The molecule has 1 unspecified atom stereocenters. The van der Waals surface area contributed by atoms with Crippen LogP contribution in [0.25, 0.3) is 0 Å². The largest absolute Gasteiger partial charge is 0.323 e. The van der Waals surface area contributed by atoms with Gasteiger partial charge in [0.05, 0.1) is 32.4 Å². The Morgan fingerprint density at radius 2 is 1.62 bits per heavy atom. The highest BCUT2D eigenvalue weighted by molar-refractivity contribution is 6.39. The molecule has 0 spiro atoms. The Labute approximate surface area is 154 Å². The van der Waals surface area contributed by atoms with Crippen molar-refractivity contribution in [2.75, 3.05) is 16.8 Å². The summed E-state index contributed by atoms with van der Waals surface area (Å²) < 4.78 is 0. The molecule has 1 heterocycles. The van der Waals surface area contributed by atoms with Gasteiger partial charge in [-0.3, -0.25) is 9.59 Å². The number of nitrogens with one attached hydrogen (secondary N) is 1. The van der Waals surface area contributed by atoms with E-state index in [0.717, 1.165) is 0 Å². The molecule has 1 aliphatic heterocycles. The highest BCUT2D eigenvalue weighted by atomic mass is 35.5. The summed E-state index contributed by atoms with van der Waals surface area (Å²) in [5, 5.41) is 3.89. The number of carbonyl (C=O) groups excluding carboxylic acids is 2. The van der Waals surface area contributed by atoms with Gasteiger partial charge in [-0.05, 0) is 24.3 Å². The molecule has 0 radical (unpaired) electrons. The van der Waals surface area contributed by atoms with E-state index in [1.54, 1.807) is 42.5 Å². The Bertz CT molecular complexity index is 790. The SMILES string of the molecule is O=C(Nc1c(Cl)cccc1Cl)C1CC(=O)N(c2ccccc2Cl)C1. The summed E-state index contributed by atoms with van der Waals surface area (Å²) in [6.07, 6.45) is 0.110. The number of amides is 2. The first-order valence-corrected chi connectivity index (χ1v) is 8.40. The molecule has 1 saturated heterocycles. The minimum absolute atomic E-state index is 0.110. The number of hydrogen-bond acceptors (Lipinski definition) is 2. The van der Waals surface area contributed by atoms with Gasteiger partial charge in [-0.1, -0.05) is 53.0 Å². The Hall–Kier alpha value is -1.75. The number of halogens is 3. The van der Waals surface area contributed by atoms with Gasteiger partial charge in [0.15, 0.2) is 0 Å². The molecule has 3 rings (SSSR count). The number of carbonyl (C=O) groups is 2. The number of anilines is 2. The highest BCUT2D eigenvalue weighted by Crippen LogP contribution is 2.33. The maximum Gasteiger partial charge on any atom is 0.229 e. The lowest BCUT2D eigenvalue weighted by Crippen LogP contribution is -2.28. The molecule has 1 aliphatic rings. The zero-order valence-corrected chi connectivity index (χ0v) is 14.7. The smallest absolute Gasteiger partial charge is 0.229 e. The van der Waals surface area contributed by atoms with E-state index in [1.165, 1.54) is 4.90 Å². The lowest BCUT2D eigenvalue weighted by atomic mass is 10.1. The first-order chi connectivity index (χ1) is 11.5. The third-order valence-electron chi connectivity index (χ3n) is 3.85. The van der Waals surface area contributed by atoms with Crippen LogP contribution in [0.1, 0.15) is 6.42 Å². The quantitative estimate of drug-likeness (QED) is 0.839.